The SMILES string of the molecule is CC(C)C1CCN(c2nc(N)nc(-n3cccn3)n2)CC1. The van der Waals surface area contributed by atoms with E-state index in [1.54, 1.807) is 17.1 Å². The lowest BCUT2D eigenvalue weighted by molar-refractivity contribution is 0.310. The molecule has 0 unspecified atom stereocenters. The van der Waals surface area contributed by atoms with Crippen molar-refractivity contribution in [1.82, 2.24) is 24.7 Å². The zero-order chi connectivity index (χ0) is 14.8. The van der Waals surface area contributed by atoms with Crippen LogP contribution in [0.3, 0.4) is 0 Å². The highest BCUT2D eigenvalue weighted by molar-refractivity contribution is 5.38. The Labute approximate surface area is 124 Å². The van der Waals surface area contributed by atoms with E-state index in [1.165, 1.54) is 12.8 Å². The van der Waals surface area contributed by atoms with Crippen LogP contribution in [-0.2, 0) is 0 Å². The van der Waals surface area contributed by atoms with Crippen molar-refractivity contribution in [1.29, 1.82) is 0 Å². The molecule has 0 amide bonds. The van der Waals surface area contributed by atoms with E-state index in [4.69, 9.17) is 5.73 Å². The zero-order valence-electron chi connectivity index (χ0n) is 12.5. The normalized spacial score (nSPS) is 16.6. The van der Waals surface area contributed by atoms with Gasteiger partial charge in [-0.05, 0) is 30.7 Å². The molecule has 2 N–H and O–H groups in total. The van der Waals surface area contributed by atoms with Crippen LogP contribution in [-0.4, -0.2) is 37.8 Å². The van der Waals surface area contributed by atoms with E-state index in [0.29, 0.717) is 11.9 Å². The first-order chi connectivity index (χ1) is 10.1. The molecule has 1 fully saturated rings. The summed E-state index contributed by atoms with van der Waals surface area (Å²) >= 11 is 0. The Balaban J connectivity index is 1.80. The van der Waals surface area contributed by atoms with E-state index < -0.39 is 0 Å². The molecule has 0 aromatic carbocycles. The fourth-order valence-corrected chi connectivity index (χ4v) is 2.77. The van der Waals surface area contributed by atoms with E-state index in [2.05, 4.69) is 38.8 Å². The van der Waals surface area contributed by atoms with Gasteiger partial charge in [0.05, 0.1) is 0 Å². The summed E-state index contributed by atoms with van der Waals surface area (Å²) in [4.78, 5) is 15.1. The van der Waals surface area contributed by atoms with Crippen LogP contribution in [0.25, 0.3) is 5.95 Å². The number of hydrogen-bond donors (Lipinski definition) is 1. The Morgan fingerprint density at radius 2 is 1.86 bits per heavy atom. The van der Waals surface area contributed by atoms with Crippen LogP contribution in [0.15, 0.2) is 18.5 Å². The predicted octanol–water partition coefficient (Wildman–Crippen LogP) is 1.51. The number of nitrogen functional groups attached to an aromatic ring is 1. The summed E-state index contributed by atoms with van der Waals surface area (Å²) in [6.45, 7) is 6.50. The van der Waals surface area contributed by atoms with Gasteiger partial charge in [-0.3, -0.25) is 0 Å². The monoisotopic (exact) mass is 287 g/mol. The number of anilines is 2. The third kappa shape index (κ3) is 2.96. The molecule has 2 aromatic heterocycles. The van der Waals surface area contributed by atoms with Gasteiger partial charge in [-0.2, -0.15) is 20.1 Å². The molecule has 1 saturated heterocycles. The highest BCUT2D eigenvalue weighted by atomic mass is 15.4. The molecular formula is C14H21N7. The first-order valence-corrected chi connectivity index (χ1v) is 7.40. The molecule has 2 aromatic rings. The molecule has 1 aliphatic heterocycles. The maximum atomic E-state index is 5.82. The number of nitrogens with two attached hydrogens (primary N) is 1. The van der Waals surface area contributed by atoms with Gasteiger partial charge < -0.3 is 10.6 Å². The Hall–Kier alpha value is -2.18. The Kier molecular flexibility index (Phi) is 3.72. The van der Waals surface area contributed by atoms with Crippen LogP contribution in [0.4, 0.5) is 11.9 Å². The summed E-state index contributed by atoms with van der Waals surface area (Å²) in [5.41, 5.74) is 5.82. The second-order valence-electron chi connectivity index (χ2n) is 5.81. The highest BCUT2D eigenvalue weighted by Crippen LogP contribution is 2.26. The largest absolute Gasteiger partial charge is 0.368 e. The van der Waals surface area contributed by atoms with Crippen molar-refractivity contribution in [3.8, 4) is 5.95 Å². The molecule has 0 saturated carbocycles. The summed E-state index contributed by atoms with van der Waals surface area (Å²) in [5.74, 6) is 2.86. The van der Waals surface area contributed by atoms with Gasteiger partial charge in [0.25, 0.3) is 5.95 Å². The lowest BCUT2D eigenvalue weighted by atomic mass is 9.87. The van der Waals surface area contributed by atoms with Gasteiger partial charge in [0, 0.05) is 25.5 Å². The predicted molar refractivity (Wildman–Crippen MR) is 81.1 cm³/mol. The minimum absolute atomic E-state index is 0.233. The quantitative estimate of drug-likeness (QED) is 0.921. The number of rotatable bonds is 3. The average Bonchev–Trinajstić information content (AvgIpc) is 3.01. The molecule has 0 bridgehead atoms. The number of piperidine rings is 1. The van der Waals surface area contributed by atoms with Crippen LogP contribution in [0.2, 0.25) is 0 Å². The molecule has 112 valence electrons. The van der Waals surface area contributed by atoms with Gasteiger partial charge in [0.1, 0.15) is 0 Å². The van der Waals surface area contributed by atoms with Gasteiger partial charge in [0.15, 0.2) is 0 Å². The molecule has 0 radical (unpaired) electrons. The number of hydrogen-bond acceptors (Lipinski definition) is 6. The topological polar surface area (TPSA) is 85.8 Å². The van der Waals surface area contributed by atoms with Crippen LogP contribution in [0.5, 0.6) is 0 Å². The maximum absolute atomic E-state index is 5.82. The van der Waals surface area contributed by atoms with Crippen LogP contribution < -0.4 is 10.6 Å². The van der Waals surface area contributed by atoms with Crippen molar-refractivity contribution in [2.24, 2.45) is 11.8 Å². The first-order valence-electron chi connectivity index (χ1n) is 7.40. The summed E-state index contributed by atoms with van der Waals surface area (Å²) < 4.78 is 1.60. The Morgan fingerprint density at radius 1 is 1.14 bits per heavy atom. The van der Waals surface area contributed by atoms with Crippen molar-refractivity contribution >= 4 is 11.9 Å². The van der Waals surface area contributed by atoms with Crippen molar-refractivity contribution in [3.63, 3.8) is 0 Å². The second-order valence-corrected chi connectivity index (χ2v) is 5.81. The molecular weight excluding hydrogens is 266 g/mol. The summed E-state index contributed by atoms with van der Waals surface area (Å²) in [6.07, 6.45) is 5.82. The van der Waals surface area contributed by atoms with Gasteiger partial charge in [-0.15, -0.1) is 0 Å². The van der Waals surface area contributed by atoms with Gasteiger partial charge in [-0.25, -0.2) is 4.68 Å². The molecule has 1 aliphatic rings. The van der Waals surface area contributed by atoms with E-state index in [0.717, 1.165) is 24.9 Å². The van der Waals surface area contributed by atoms with Gasteiger partial charge in [-0.1, -0.05) is 13.8 Å². The minimum atomic E-state index is 0.233. The van der Waals surface area contributed by atoms with E-state index in [9.17, 15) is 0 Å². The molecule has 0 aliphatic carbocycles. The Bertz CT molecular complexity index is 585. The highest BCUT2D eigenvalue weighted by Gasteiger charge is 2.23. The zero-order valence-corrected chi connectivity index (χ0v) is 12.5. The molecule has 3 heterocycles. The number of aromatic nitrogens is 5. The summed E-state index contributed by atoms with van der Waals surface area (Å²) in [7, 11) is 0. The van der Waals surface area contributed by atoms with Crippen molar-refractivity contribution < 1.29 is 0 Å². The summed E-state index contributed by atoms with van der Waals surface area (Å²) in [6, 6.07) is 1.83. The molecule has 7 heteroatoms. The van der Waals surface area contributed by atoms with E-state index in [1.807, 2.05) is 6.07 Å². The van der Waals surface area contributed by atoms with E-state index >= 15 is 0 Å². The molecule has 0 atom stereocenters. The van der Waals surface area contributed by atoms with Gasteiger partial charge >= 0.3 is 0 Å². The number of nitrogens with zero attached hydrogens (tertiary/aromatic N) is 6. The lowest BCUT2D eigenvalue weighted by Crippen LogP contribution is -2.36. The average molecular weight is 287 g/mol. The van der Waals surface area contributed by atoms with Crippen molar-refractivity contribution in [2.75, 3.05) is 23.7 Å². The van der Waals surface area contributed by atoms with Crippen LogP contribution in [0.1, 0.15) is 26.7 Å². The third-order valence-electron chi connectivity index (χ3n) is 4.10. The smallest absolute Gasteiger partial charge is 0.257 e. The fourth-order valence-electron chi connectivity index (χ4n) is 2.77. The molecule has 0 spiro atoms. The summed E-state index contributed by atoms with van der Waals surface area (Å²) in [5, 5.41) is 4.14. The maximum Gasteiger partial charge on any atom is 0.257 e. The van der Waals surface area contributed by atoms with Crippen LogP contribution >= 0.6 is 0 Å². The first kappa shape index (κ1) is 13.8. The van der Waals surface area contributed by atoms with Crippen molar-refractivity contribution in [3.05, 3.63) is 18.5 Å². The van der Waals surface area contributed by atoms with Crippen LogP contribution in [0, 0.1) is 11.8 Å². The third-order valence-corrected chi connectivity index (χ3v) is 4.10. The lowest BCUT2D eigenvalue weighted by Gasteiger charge is -2.33. The standard InChI is InChI=1S/C14H21N7/c1-10(2)11-4-8-20(9-5-11)13-17-12(15)18-14(19-13)21-7-3-6-16-21/h3,6-7,10-11H,4-5,8-9H2,1-2H3,(H2,15,17,18,19). The second kappa shape index (κ2) is 5.67. The molecule has 21 heavy (non-hydrogen) atoms. The Morgan fingerprint density at radius 3 is 2.48 bits per heavy atom. The molecule has 3 rings (SSSR count). The van der Waals surface area contributed by atoms with E-state index in [-0.39, 0.29) is 5.95 Å². The fraction of sp³-hybridized carbons (Fsp3) is 0.571. The molecule has 7 nitrogen and oxygen atoms in total. The van der Waals surface area contributed by atoms with Crippen molar-refractivity contribution in [2.45, 2.75) is 26.7 Å². The van der Waals surface area contributed by atoms with Gasteiger partial charge in [0.2, 0.25) is 11.9 Å². The minimum Gasteiger partial charge on any atom is -0.368 e.